The molecule has 2 aliphatic heterocycles. The Morgan fingerprint density at radius 3 is 2.50 bits per heavy atom. The zero-order valence-corrected chi connectivity index (χ0v) is 19.3. The molecule has 0 bridgehead atoms. The monoisotopic (exact) mass is 456 g/mol. The Kier molecular flexibility index (Phi) is 6.16. The van der Waals surface area contributed by atoms with Crippen molar-refractivity contribution < 1.29 is 13.2 Å². The van der Waals surface area contributed by atoms with E-state index >= 15 is 0 Å². The van der Waals surface area contributed by atoms with E-state index < -0.39 is 16.1 Å². The van der Waals surface area contributed by atoms with Crippen molar-refractivity contribution in [3.8, 4) is 0 Å². The van der Waals surface area contributed by atoms with E-state index in [1.165, 1.54) is 6.07 Å². The van der Waals surface area contributed by atoms with E-state index in [2.05, 4.69) is 36.9 Å². The smallest absolute Gasteiger partial charge is 0.263 e. The molecule has 0 unspecified atom stereocenters. The van der Waals surface area contributed by atoms with Gasteiger partial charge in [0, 0.05) is 31.7 Å². The highest BCUT2D eigenvalue weighted by atomic mass is 32.2. The van der Waals surface area contributed by atoms with Crippen molar-refractivity contribution in [1.29, 1.82) is 0 Å². The van der Waals surface area contributed by atoms with Crippen LogP contribution in [-0.2, 0) is 14.8 Å². The van der Waals surface area contributed by atoms with Gasteiger partial charge in [-0.1, -0.05) is 26.0 Å². The molecule has 1 amide bonds. The number of hydrogen-bond donors (Lipinski definition) is 2. The number of nitrogens with one attached hydrogen (secondary N) is 2. The Morgan fingerprint density at radius 1 is 1.12 bits per heavy atom. The molecule has 0 radical (unpaired) electrons. The maximum atomic E-state index is 13.0. The normalized spacial score (nSPS) is 20.1. The molecule has 4 rings (SSSR count). The average molecular weight is 457 g/mol. The highest BCUT2D eigenvalue weighted by molar-refractivity contribution is 7.90. The van der Waals surface area contributed by atoms with Gasteiger partial charge < -0.3 is 15.1 Å². The summed E-state index contributed by atoms with van der Waals surface area (Å²) in [7, 11) is -1.56. The number of aliphatic imine (C=N–C) groups is 1. The Bertz CT molecular complexity index is 1120. The fourth-order valence-corrected chi connectivity index (χ4v) is 5.02. The number of amides is 1. The van der Waals surface area contributed by atoms with Crippen molar-refractivity contribution in [3.05, 3.63) is 48.2 Å². The van der Waals surface area contributed by atoms with E-state index in [-0.39, 0.29) is 22.6 Å². The summed E-state index contributed by atoms with van der Waals surface area (Å²) in [5.74, 6) is 0.620. The summed E-state index contributed by atoms with van der Waals surface area (Å²) in [6, 6.07) is 9.58. The topological polar surface area (TPSA) is 107 Å². The number of hydrogen-bond acceptors (Lipinski definition) is 7. The number of likely N-dealkylation sites (N-methyl/N-ethyl adjacent to an activating group) is 1. The molecular formula is C22H28N6O3S. The summed E-state index contributed by atoms with van der Waals surface area (Å²) in [6.45, 7) is 7.56. The predicted molar refractivity (Wildman–Crippen MR) is 125 cm³/mol. The number of fused-ring (bicyclic) bond motifs is 1. The molecule has 0 saturated carbocycles. The Hall–Kier alpha value is -2.98. The molecule has 32 heavy (non-hydrogen) atoms. The first-order valence-corrected chi connectivity index (χ1v) is 12.1. The average Bonchev–Trinajstić information content (AvgIpc) is 3.03. The van der Waals surface area contributed by atoms with Gasteiger partial charge in [-0.25, -0.2) is 13.4 Å². The van der Waals surface area contributed by atoms with Crippen molar-refractivity contribution in [3.63, 3.8) is 0 Å². The summed E-state index contributed by atoms with van der Waals surface area (Å²) >= 11 is 0. The summed E-state index contributed by atoms with van der Waals surface area (Å²) in [5.41, 5.74) is 1.05. The molecule has 2 aromatic rings. The molecule has 1 fully saturated rings. The molecule has 0 aliphatic carbocycles. The predicted octanol–water partition coefficient (Wildman–Crippen LogP) is 1.54. The minimum absolute atomic E-state index is 0.141. The number of nitrogens with zero attached hydrogens (tertiary/aromatic N) is 4. The van der Waals surface area contributed by atoms with E-state index in [1.807, 2.05) is 26.0 Å². The summed E-state index contributed by atoms with van der Waals surface area (Å²) in [6.07, 6.45) is 1.64. The number of amidine groups is 1. The maximum absolute atomic E-state index is 13.0. The number of aromatic nitrogens is 1. The third-order valence-electron chi connectivity index (χ3n) is 5.67. The second kappa shape index (κ2) is 8.87. The number of rotatable bonds is 5. The van der Waals surface area contributed by atoms with Crippen LogP contribution in [0.2, 0.25) is 0 Å². The van der Waals surface area contributed by atoms with Crippen LogP contribution in [0.1, 0.15) is 19.4 Å². The van der Waals surface area contributed by atoms with Gasteiger partial charge in [0.15, 0.2) is 0 Å². The quantitative estimate of drug-likeness (QED) is 0.707. The van der Waals surface area contributed by atoms with Crippen LogP contribution in [0.15, 0.2) is 52.5 Å². The van der Waals surface area contributed by atoms with Gasteiger partial charge in [0.25, 0.3) is 10.0 Å². The number of piperazine rings is 1. The lowest BCUT2D eigenvalue weighted by molar-refractivity contribution is -0.118. The number of benzene rings is 1. The summed E-state index contributed by atoms with van der Waals surface area (Å²) < 4.78 is 27.2. The van der Waals surface area contributed by atoms with Crippen LogP contribution in [0.3, 0.4) is 0 Å². The molecule has 170 valence electrons. The minimum Gasteiger partial charge on any atom is -0.354 e. The van der Waals surface area contributed by atoms with E-state index in [0.29, 0.717) is 11.3 Å². The number of pyridine rings is 1. The first kappa shape index (κ1) is 22.2. The minimum atomic E-state index is -3.66. The standard InChI is InChI=1S/C22H28N6O3S/c1-15(2)20(25-21-17-6-4-5-7-18(17)32(30,31)26-21)22(29)24-16-8-9-19(23-14-16)28-12-10-27(3)11-13-28/h4-9,14-15,20H,10-13H2,1-3H3,(H,24,29)(H,25,26)/t20-/m1/s1. The third kappa shape index (κ3) is 4.61. The third-order valence-corrected chi connectivity index (χ3v) is 7.07. The Labute approximate surface area is 188 Å². The first-order chi connectivity index (χ1) is 15.2. The molecule has 3 heterocycles. The zero-order valence-electron chi connectivity index (χ0n) is 18.4. The van der Waals surface area contributed by atoms with Gasteiger partial charge >= 0.3 is 0 Å². The second-order valence-corrected chi connectivity index (χ2v) is 10.1. The molecule has 9 nitrogen and oxygen atoms in total. The SMILES string of the molecule is CC(C)[C@@H](N=C1NS(=O)(=O)c2ccccc21)C(=O)Nc1ccc(N2CCN(C)CC2)nc1. The van der Waals surface area contributed by atoms with Crippen molar-refractivity contribution in [2.45, 2.75) is 24.8 Å². The lowest BCUT2D eigenvalue weighted by Gasteiger charge is -2.33. The molecule has 0 spiro atoms. The summed E-state index contributed by atoms with van der Waals surface area (Å²) in [5, 5.41) is 2.87. The van der Waals surface area contributed by atoms with Gasteiger partial charge in [0.05, 0.1) is 16.8 Å². The van der Waals surface area contributed by atoms with Crippen LogP contribution in [0.4, 0.5) is 11.5 Å². The van der Waals surface area contributed by atoms with Gasteiger partial charge in [-0.2, -0.15) is 0 Å². The van der Waals surface area contributed by atoms with E-state index in [9.17, 15) is 13.2 Å². The highest BCUT2D eigenvalue weighted by Gasteiger charge is 2.32. The van der Waals surface area contributed by atoms with Gasteiger partial charge in [-0.05, 0) is 37.2 Å². The summed E-state index contributed by atoms with van der Waals surface area (Å²) in [4.78, 5) is 26.7. The Balaban J connectivity index is 1.50. The highest BCUT2D eigenvalue weighted by Crippen LogP contribution is 2.24. The van der Waals surface area contributed by atoms with E-state index in [0.717, 1.165) is 32.0 Å². The molecule has 1 aromatic carbocycles. The largest absolute Gasteiger partial charge is 0.354 e. The van der Waals surface area contributed by atoms with E-state index in [1.54, 1.807) is 24.4 Å². The lowest BCUT2D eigenvalue weighted by atomic mass is 10.0. The molecule has 2 aliphatic rings. The van der Waals surface area contributed by atoms with Gasteiger partial charge in [0.1, 0.15) is 17.7 Å². The first-order valence-electron chi connectivity index (χ1n) is 10.6. The van der Waals surface area contributed by atoms with E-state index in [4.69, 9.17) is 0 Å². The maximum Gasteiger partial charge on any atom is 0.263 e. The van der Waals surface area contributed by atoms with Crippen LogP contribution in [0, 0.1) is 5.92 Å². The number of anilines is 2. The molecule has 1 atom stereocenters. The van der Waals surface area contributed by atoms with Gasteiger partial charge in [0.2, 0.25) is 5.91 Å². The second-order valence-electron chi connectivity index (χ2n) is 8.45. The van der Waals surface area contributed by atoms with Crippen molar-refractivity contribution in [2.24, 2.45) is 10.9 Å². The van der Waals surface area contributed by atoms with Crippen LogP contribution < -0.4 is 14.9 Å². The fourth-order valence-electron chi connectivity index (χ4n) is 3.78. The van der Waals surface area contributed by atoms with Crippen LogP contribution in [0.5, 0.6) is 0 Å². The Morgan fingerprint density at radius 2 is 1.84 bits per heavy atom. The molecule has 2 N–H and O–H groups in total. The zero-order chi connectivity index (χ0) is 22.9. The van der Waals surface area contributed by atoms with Crippen molar-refractivity contribution in [2.75, 3.05) is 43.4 Å². The van der Waals surface area contributed by atoms with Crippen molar-refractivity contribution in [1.82, 2.24) is 14.6 Å². The molecular weight excluding hydrogens is 428 g/mol. The number of carbonyl (C=O) groups is 1. The molecule has 1 aromatic heterocycles. The van der Waals surface area contributed by atoms with Gasteiger partial charge in [-0.3, -0.25) is 14.5 Å². The fraction of sp³-hybridized carbons (Fsp3) is 0.409. The van der Waals surface area contributed by atoms with Crippen molar-refractivity contribution >= 4 is 33.3 Å². The number of carbonyl (C=O) groups excluding carboxylic acids is 1. The molecule has 10 heteroatoms. The van der Waals surface area contributed by atoms with Crippen LogP contribution >= 0.6 is 0 Å². The van der Waals surface area contributed by atoms with Crippen LogP contribution in [-0.4, -0.2) is 69.3 Å². The number of sulfonamides is 1. The lowest BCUT2D eigenvalue weighted by Crippen LogP contribution is -2.44. The van der Waals surface area contributed by atoms with Gasteiger partial charge in [-0.15, -0.1) is 0 Å². The van der Waals surface area contributed by atoms with Crippen LogP contribution in [0.25, 0.3) is 0 Å². The molecule has 1 saturated heterocycles.